The Morgan fingerprint density at radius 1 is 1.60 bits per heavy atom. The third-order valence-corrected chi connectivity index (χ3v) is 4.14. The normalized spacial score (nSPS) is 20.9. The molecule has 1 aromatic carbocycles. The van der Waals surface area contributed by atoms with Crippen molar-refractivity contribution >= 4 is 17.3 Å². The highest BCUT2D eigenvalue weighted by Gasteiger charge is 2.29. The van der Waals surface area contributed by atoms with Crippen LogP contribution in [0.5, 0.6) is 0 Å². The number of aliphatic hydroxyl groups excluding tert-OH is 1. The molecule has 1 amide bonds. The Bertz CT molecular complexity index is 490. The predicted molar refractivity (Wildman–Crippen MR) is 80.4 cm³/mol. The SMILES string of the molecule is Cc1c(N)cccc1NC(=O)C(C)N1CCC(CO)C1. The van der Waals surface area contributed by atoms with Crippen molar-refractivity contribution in [3.05, 3.63) is 23.8 Å². The van der Waals surface area contributed by atoms with E-state index in [1.165, 1.54) is 0 Å². The molecule has 1 aromatic rings. The number of benzene rings is 1. The van der Waals surface area contributed by atoms with Crippen molar-refractivity contribution in [2.75, 3.05) is 30.7 Å². The number of nitrogens with zero attached hydrogens (tertiary/aromatic N) is 1. The van der Waals surface area contributed by atoms with Crippen LogP contribution < -0.4 is 11.1 Å². The van der Waals surface area contributed by atoms with Crippen molar-refractivity contribution in [2.45, 2.75) is 26.3 Å². The first-order chi connectivity index (χ1) is 9.52. The molecular weight excluding hydrogens is 254 g/mol. The predicted octanol–water partition coefficient (Wildman–Crippen LogP) is 1.22. The molecule has 2 atom stereocenters. The highest BCUT2D eigenvalue weighted by molar-refractivity contribution is 5.95. The Labute approximate surface area is 119 Å². The largest absolute Gasteiger partial charge is 0.398 e. The smallest absolute Gasteiger partial charge is 0.241 e. The maximum Gasteiger partial charge on any atom is 0.241 e. The van der Waals surface area contributed by atoms with Crippen molar-refractivity contribution in [3.8, 4) is 0 Å². The molecule has 1 heterocycles. The van der Waals surface area contributed by atoms with Crippen LogP contribution in [0.25, 0.3) is 0 Å². The van der Waals surface area contributed by atoms with Gasteiger partial charge in [0.1, 0.15) is 0 Å². The van der Waals surface area contributed by atoms with Crippen LogP contribution >= 0.6 is 0 Å². The Morgan fingerprint density at radius 3 is 3.00 bits per heavy atom. The van der Waals surface area contributed by atoms with Crippen LogP contribution in [0, 0.1) is 12.8 Å². The average molecular weight is 277 g/mol. The zero-order valence-corrected chi connectivity index (χ0v) is 12.1. The molecule has 1 aliphatic heterocycles. The summed E-state index contributed by atoms with van der Waals surface area (Å²) in [5.41, 5.74) is 8.17. The molecule has 1 fully saturated rings. The first-order valence-electron chi connectivity index (χ1n) is 7.03. The van der Waals surface area contributed by atoms with Gasteiger partial charge in [0.25, 0.3) is 0 Å². The molecule has 0 aliphatic carbocycles. The fourth-order valence-electron chi connectivity index (χ4n) is 2.56. The summed E-state index contributed by atoms with van der Waals surface area (Å²) < 4.78 is 0. The summed E-state index contributed by atoms with van der Waals surface area (Å²) in [6, 6.07) is 5.31. The van der Waals surface area contributed by atoms with Crippen LogP contribution in [-0.2, 0) is 4.79 Å². The molecule has 4 N–H and O–H groups in total. The number of rotatable bonds is 4. The van der Waals surface area contributed by atoms with Crippen molar-refractivity contribution in [1.82, 2.24) is 4.90 Å². The van der Waals surface area contributed by atoms with Crippen molar-refractivity contribution in [1.29, 1.82) is 0 Å². The zero-order chi connectivity index (χ0) is 14.7. The fourth-order valence-corrected chi connectivity index (χ4v) is 2.56. The number of anilines is 2. The van der Waals surface area contributed by atoms with Gasteiger partial charge in [-0.1, -0.05) is 6.07 Å². The second-order valence-corrected chi connectivity index (χ2v) is 5.52. The van der Waals surface area contributed by atoms with E-state index in [1.807, 2.05) is 32.0 Å². The number of aliphatic hydroxyl groups is 1. The second kappa shape index (κ2) is 6.24. The van der Waals surface area contributed by atoms with Gasteiger partial charge in [0, 0.05) is 24.5 Å². The number of nitrogens with one attached hydrogen (secondary N) is 1. The van der Waals surface area contributed by atoms with Crippen molar-refractivity contribution < 1.29 is 9.90 Å². The highest BCUT2D eigenvalue weighted by Crippen LogP contribution is 2.22. The lowest BCUT2D eigenvalue weighted by Crippen LogP contribution is -2.41. The first-order valence-corrected chi connectivity index (χ1v) is 7.03. The molecule has 110 valence electrons. The van der Waals surface area contributed by atoms with Crippen LogP contribution in [0.1, 0.15) is 18.9 Å². The summed E-state index contributed by atoms with van der Waals surface area (Å²) in [6.45, 7) is 5.62. The quantitative estimate of drug-likeness (QED) is 0.723. The molecule has 0 radical (unpaired) electrons. The Hall–Kier alpha value is -1.59. The Kier molecular flexibility index (Phi) is 4.62. The molecule has 2 unspecified atom stereocenters. The molecule has 5 nitrogen and oxygen atoms in total. The minimum Gasteiger partial charge on any atom is -0.398 e. The number of nitrogens with two attached hydrogens (primary N) is 1. The molecule has 20 heavy (non-hydrogen) atoms. The third-order valence-electron chi connectivity index (χ3n) is 4.14. The standard InChI is InChI=1S/C15H23N3O2/c1-10-13(16)4-3-5-14(10)17-15(20)11(2)18-7-6-12(8-18)9-19/h3-5,11-12,19H,6-9,16H2,1-2H3,(H,17,20). The summed E-state index contributed by atoms with van der Waals surface area (Å²) in [5.74, 6) is 0.261. The van der Waals surface area contributed by atoms with E-state index < -0.39 is 0 Å². The minimum atomic E-state index is -0.201. The van der Waals surface area contributed by atoms with Gasteiger partial charge >= 0.3 is 0 Å². The van der Waals surface area contributed by atoms with Gasteiger partial charge < -0.3 is 16.2 Å². The zero-order valence-electron chi connectivity index (χ0n) is 12.1. The maximum atomic E-state index is 12.3. The van der Waals surface area contributed by atoms with Crippen molar-refractivity contribution in [3.63, 3.8) is 0 Å². The van der Waals surface area contributed by atoms with Crippen molar-refractivity contribution in [2.24, 2.45) is 5.92 Å². The van der Waals surface area contributed by atoms with Gasteiger partial charge in [-0.25, -0.2) is 0 Å². The minimum absolute atomic E-state index is 0.0303. The first kappa shape index (κ1) is 14.8. The van der Waals surface area contributed by atoms with Crippen LogP contribution in [0.15, 0.2) is 18.2 Å². The molecule has 0 bridgehead atoms. The molecule has 1 aliphatic rings. The fraction of sp³-hybridized carbons (Fsp3) is 0.533. The van der Waals surface area contributed by atoms with Gasteiger partial charge in [0.15, 0.2) is 0 Å². The van der Waals surface area contributed by atoms with Gasteiger partial charge in [0.2, 0.25) is 5.91 Å². The summed E-state index contributed by atoms with van der Waals surface area (Å²) in [4.78, 5) is 14.4. The number of likely N-dealkylation sites (tertiary alicyclic amines) is 1. The summed E-state index contributed by atoms with van der Waals surface area (Å²) in [5, 5.41) is 12.1. The summed E-state index contributed by atoms with van der Waals surface area (Å²) in [6.07, 6.45) is 0.950. The highest BCUT2D eigenvalue weighted by atomic mass is 16.3. The molecule has 0 spiro atoms. The van der Waals surface area contributed by atoms with Crippen LogP contribution in [0.4, 0.5) is 11.4 Å². The van der Waals surface area contributed by atoms with E-state index in [1.54, 1.807) is 0 Å². The number of carbonyl (C=O) groups excluding carboxylic acids is 1. The lowest BCUT2D eigenvalue weighted by atomic mass is 10.1. The van der Waals surface area contributed by atoms with Gasteiger partial charge in [0.05, 0.1) is 6.04 Å². The number of amides is 1. The van der Waals surface area contributed by atoms with Gasteiger partial charge in [-0.05, 0) is 50.4 Å². The van der Waals surface area contributed by atoms with E-state index in [0.717, 1.165) is 30.8 Å². The number of nitrogen functional groups attached to an aromatic ring is 1. The number of hydrogen-bond acceptors (Lipinski definition) is 4. The van der Waals surface area contributed by atoms with Crippen LogP contribution in [0.3, 0.4) is 0 Å². The molecule has 0 aromatic heterocycles. The lowest BCUT2D eigenvalue weighted by Gasteiger charge is -2.23. The number of carbonyl (C=O) groups is 1. The van der Waals surface area contributed by atoms with Gasteiger partial charge in [-0.3, -0.25) is 9.69 Å². The second-order valence-electron chi connectivity index (χ2n) is 5.52. The lowest BCUT2D eigenvalue weighted by molar-refractivity contribution is -0.120. The third kappa shape index (κ3) is 3.11. The van der Waals surface area contributed by atoms with Crippen LogP contribution in [0.2, 0.25) is 0 Å². The molecule has 1 saturated heterocycles. The van der Waals surface area contributed by atoms with E-state index in [2.05, 4.69) is 10.2 Å². The van der Waals surface area contributed by atoms with Gasteiger partial charge in [-0.15, -0.1) is 0 Å². The average Bonchev–Trinajstić information content (AvgIpc) is 2.91. The monoisotopic (exact) mass is 277 g/mol. The Morgan fingerprint density at radius 2 is 2.35 bits per heavy atom. The molecule has 0 saturated carbocycles. The molecule has 5 heteroatoms. The van der Waals surface area contributed by atoms with Crippen LogP contribution in [-0.4, -0.2) is 41.7 Å². The topological polar surface area (TPSA) is 78.6 Å². The Balaban J connectivity index is 1.99. The molecular formula is C15H23N3O2. The van der Waals surface area contributed by atoms with E-state index >= 15 is 0 Å². The van der Waals surface area contributed by atoms with E-state index in [-0.39, 0.29) is 18.6 Å². The van der Waals surface area contributed by atoms with E-state index in [4.69, 9.17) is 10.8 Å². The van der Waals surface area contributed by atoms with E-state index in [9.17, 15) is 4.79 Å². The molecule has 2 rings (SSSR count). The summed E-state index contributed by atoms with van der Waals surface area (Å²) in [7, 11) is 0. The van der Waals surface area contributed by atoms with E-state index in [0.29, 0.717) is 11.6 Å². The maximum absolute atomic E-state index is 12.3. The number of hydrogen-bond donors (Lipinski definition) is 3. The van der Waals surface area contributed by atoms with Gasteiger partial charge in [-0.2, -0.15) is 0 Å². The summed E-state index contributed by atoms with van der Waals surface area (Å²) >= 11 is 0.